The molecule has 0 aromatic heterocycles. The van der Waals surface area contributed by atoms with Crippen molar-refractivity contribution in [2.45, 2.75) is 12.5 Å². The number of ether oxygens (including phenoxy) is 1. The van der Waals surface area contributed by atoms with E-state index in [1.165, 1.54) is 12.1 Å². The minimum Gasteiger partial charge on any atom is -0.407 e. The lowest BCUT2D eigenvalue weighted by Gasteiger charge is -2.27. The number of aliphatic hydroxyl groups is 1. The van der Waals surface area contributed by atoms with Gasteiger partial charge in [-0.05, 0) is 95.2 Å². The van der Waals surface area contributed by atoms with Crippen molar-refractivity contribution in [3.8, 4) is 148 Å². The van der Waals surface area contributed by atoms with E-state index >= 15 is 0 Å². The van der Waals surface area contributed by atoms with Crippen LogP contribution >= 0.6 is 0 Å². The highest BCUT2D eigenvalue weighted by atomic mass is 19.1. The summed E-state index contributed by atoms with van der Waals surface area (Å²) in [6, 6.07) is 17.1. The number of benzene rings is 3. The number of fused-ring (bicyclic) bond motifs is 3. The summed E-state index contributed by atoms with van der Waals surface area (Å²) in [5.41, 5.74) is 2.79. The first-order chi connectivity index (χ1) is 22.0. The molecular weight excluding hydrogens is 555 g/mol. The van der Waals surface area contributed by atoms with Gasteiger partial charge in [-0.1, -0.05) is 42.0 Å². The summed E-state index contributed by atoms with van der Waals surface area (Å²) in [5.74, 6) is 49.5. The number of hydrogen-bond donors (Lipinski definition) is 1. The smallest absolute Gasteiger partial charge is 0.142 e. The third-order valence-electron chi connectivity index (χ3n) is 5.90. The first-order valence-electron chi connectivity index (χ1n) is 12.9. The molecule has 0 saturated carbocycles. The van der Waals surface area contributed by atoms with Gasteiger partial charge in [0.1, 0.15) is 23.3 Å². The number of aryl methyl sites for hydroxylation is 1. The number of halogens is 1. The van der Waals surface area contributed by atoms with Crippen molar-refractivity contribution < 1.29 is 14.2 Å². The van der Waals surface area contributed by atoms with E-state index in [0.29, 0.717) is 22.4 Å². The molecule has 3 heteroatoms. The van der Waals surface area contributed by atoms with Crippen molar-refractivity contribution >= 4 is 0 Å². The van der Waals surface area contributed by atoms with Crippen molar-refractivity contribution in [2.75, 3.05) is 0 Å². The lowest BCUT2D eigenvalue weighted by Crippen LogP contribution is -2.26. The summed E-state index contributed by atoms with van der Waals surface area (Å²) >= 11 is 0. The van der Waals surface area contributed by atoms with Crippen molar-refractivity contribution in [3.05, 3.63) is 88.7 Å². The zero-order valence-corrected chi connectivity index (χ0v) is 23.6. The average molecular weight is 571 g/mol. The second kappa shape index (κ2) is 15.5. The van der Waals surface area contributed by atoms with E-state index in [-0.39, 0.29) is 0 Å². The topological polar surface area (TPSA) is 29.5 Å². The van der Waals surface area contributed by atoms with Gasteiger partial charge in [0, 0.05) is 82.2 Å². The number of terminal acetylenes is 1. The molecule has 0 bridgehead atoms. The molecule has 202 valence electrons. The van der Waals surface area contributed by atoms with Crippen molar-refractivity contribution in [1.82, 2.24) is 0 Å². The molecule has 1 unspecified atom stereocenters. The minimum absolute atomic E-state index is 0.400. The number of rotatable bonds is 2. The van der Waals surface area contributed by atoms with E-state index in [1.54, 1.807) is 24.3 Å². The van der Waals surface area contributed by atoms with Gasteiger partial charge in [-0.2, -0.15) is 0 Å². The zero-order chi connectivity index (χ0) is 31.7. The lowest BCUT2D eigenvalue weighted by atomic mass is 9.84. The molecule has 0 aliphatic heterocycles. The number of hydrogen-bond acceptors (Lipinski definition) is 2. The maximum absolute atomic E-state index is 14.2. The Balaban J connectivity index is 1.38. The first kappa shape index (κ1) is 30.5. The average Bonchev–Trinajstić information content (AvgIpc) is 3.29. The third-order valence-corrected chi connectivity index (χ3v) is 5.90. The van der Waals surface area contributed by atoms with Crippen LogP contribution in [0.2, 0.25) is 0 Å². The van der Waals surface area contributed by atoms with Gasteiger partial charge >= 0.3 is 0 Å². The van der Waals surface area contributed by atoms with E-state index in [9.17, 15) is 9.50 Å². The first-order valence-corrected chi connectivity index (χ1v) is 12.9. The summed E-state index contributed by atoms with van der Waals surface area (Å²) in [7, 11) is 0. The largest absolute Gasteiger partial charge is 0.407 e. The van der Waals surface area contributed by atoms with Crippen LogP contribution in [0.1, 0.15) is 22.3 Å². The predicted molar refractivity (Wildman–Crippen MR) is 172 cm³/mol. The van der Waals surface area contributed by atoms with Crippen LogP contribution in [0.25, 0.3) is 11.1 Å². The Morgan fingerprint density at radius 1 is 0.600 bits per heavy atom. The molecule has 3 aromatic rings. The van der Waals surface area contributed by atoms with Gasteiger partial charge in [-0.3, -0.25) is 0 Å². The zero-order valence-electron chi connectivity index (χ0n) is 23.6. The Morgan fingerprint density at radius 3 is 1.62 bits per heavy atom. The molecule has 0 spiro atoms. The Bertz CT molecular complexity index is 2410. The molecule has 0 fully saturated rings. The molecular formula is C42H15FO2. The normalized spacial score (nSPS) is 11.5. The highest BCUT2D eigenvalue weighted by molar-refractivity contribution is 5.83. The molecule has 0 heterocycles. The van der Waals surface area contributed by atoms with Crippen molar-refractivity contribution in [2.24, 2.45) is 0 Å². The van der Waals surface area contributed by atoms with Crippen LogP contribution in [0.3, 0.4) is 0 Å². The molecule has 1 atom stereocenters. The van der Waals surface area contributed by atoms with Gasteiger partial charge in [-0.15, -0.1) is 6.42 Å². The second-order valence-corrected chi connectivity index (χ2v) is 8.70. The summed E-state index contributed by atoms with van der Waals surface area (Å²) in [4.78, 5) is 0. The molecule has 4 rings (SSSR count). The Labute approximate surface area is 262 Å². The Hall–Kier alpha value is -7.49. The minimum atomic E-state index is -1.56. The highest BCUT2D eigenvalue weighted by Crippen LogP contribution is 2.52. The van der Waals surface area contributed by atoms with E-state index < -0.39 is 11.4 Å². The molecule has 0 saturated heterocycles. The fraction of sp³-hybridized carbons (Fsp3) is 0.0476. The molecule has 1 aliphatic carbocycles. The molecule has 2 nitrogen and oxygen atoms in total. The molecule has 45 heavy (non-hydrogen) atoms. The van der Waals surface area contributed by atoms with E-state index in [0.717, 1.165) is 16.7 Å². The maximum Gasteiger partial charge on any atom is 0.142 e. The van der Waals surface area contributed by atoms with Crippen LogP contribution in [0, 0.1) is 144 Å². The summed E-state index contributed by atoms with van der Waals surface area (Å²) in [5, 5.41) is 12.0. The fourth-order valence-electron chi connectivity index (χ4n) is 4.16. The van der Waals surface area contributed by atoms with Gasteiger partial charge in [0.05, 0.1) is 0 Å². The van der Waals surface area contributed by atoms with Gasteiger partial charge in [-0.25, -0.2) is 4.39 Å². The summed E-state index contributed by atoms with van der Waals surface area (Å²) in [6.07, 6.45) is 7.46. The Morgan fingerprint density at radius 2 is 1.09 bits per heavy atom. The van der Waals surface area contributed by atoms with Gasteiger partial charge in [0.2, 0.25) is 0 Å². The molecule has 3 aromatic carbocycles. The fourth-order valence-corrected chi connectivity index (χ4v) is 4.16. The van der Waals surface area contributed by atoms with Gasteiger partial charge in [0.15, 0.2) is 0 Å². The second-order valence-electron chi connectivity index (χ2n) is 8.70. The maximum atomic E-state index is 14.2. The van der Waals surface area contributed by atoms with Crippen LogP contribution in [-0.2, 0) is 5.60 Å². The SMILES string of the molecule is C#CC#CC#CC#CC#CC#CC#CC#CC#CC#CC#COc1ccc2c(c1)C(O)(c1cccc(F)c1)c1cc(C)ccc1-2. The molecule has 0 amide bonds. The van der Waals surface area contributed by atoms with Crippen LogP contribution in [0.15, 0.2) is 60.7 Å². The summed E-state index contributed by atoms with van der Waals surface area (Å²) < 4.78 is 19.7. The molecule has 0 radical (unpaired) electrons. The molecule has 1 aliphatic rings. The third kappa shape index (κ3) is 8.05. The lowest BCUT2D eigenvalue weighted by molar-refractivity contribution is 0.130. The van der Waals surface area contributed by atoms with E-state index in [2.05, 4.69) is 125 Å². The van der Waals surface area contributed by atoms with E-state index in [1.807, 2.05) is 31.2 Å². The van der Waals surface area contributed by atoms with Crippen LogP contribution < -0.4 is 4.74 Å². The van der Waals surface area contributed by atoms with Crippen LogP contribution in [0.5, 0.6) is 5.75 Å². The monoisotopic (exact) mass is 570 g/mol. The van der Waals surface area contributed by atoms with Crippen molar-refractivity contribution in [3.63, 3.8) is 0 Å². The van der Waals surface area contributed by atoms with Gasteiger partial charge in [0.25, 0.3) is 0 Å². The standard InChI is InChI=1S/C42H15FO2/c1-3-4-5-6-7-8-9-10-11-12-13-14-15-16-17-18-19-20-21-22-30-45-37-27-29-39-38-28-26-34(2)31-40(38)42(44,41(39)33-37)35-24-23-25-36(43)32-35/h1,23-29,31-33,44H,2H3. The Kier molecular flexibility index (Phi) is 10.5. The molecule has 1 N–H and O–H groups in total. The summed E-state index contributed by atoms with van der Waals surface area (Å²) in [6.45, 7) is 1.94. The van der Waals surface area contributed by atoms with Crippen LogP contribution in [-0.4, -0.2) is 5.11 Å². The quantitative estimate of drug-likeness (QED) is 0.463. The van der Waals surface area contributed by atoms with Crippen LogP contribution in [0.4, 0.5) is 4.39 Å². The predicted octanol–water partition coefficient (Wildman–Crippen LogP) is 4.40. The van der Waals surface area contributed by atoms with E-state index in [4.69, 9.17) is 11.2 Å². The highest BCUT2D eigenvalue weighted by Gasteiger charge is 2.43. The van der Waals surface area contributed by atoms with Crippen molar-refractivity contribution in [1.29, 1.82) is 0 Å². The van der Waals surface area contributed by atoms with Gasteiger partial charge < -0.3 is 9.84 Å².